The van der Waals surface area contributed by atoms with Crippen LogP contribution in [0.5, 0.6) is 0 Å². The number of hydrogen-bond acceptors (Lipinski definition) is 4. The molecule has 3 unspecified atom stereocenters. The van der Waals surface area contributed by atoms with Gasteiger partial charge in [0, 0.05) is 17.6 Å². The van der Waals surface area contributed by atoms with E-state index in [4.69, 9.17) is 11.2 Å². The van der Waals surface area contributed by atoms with Gasteiger partial charge in [-0.1, -0.05) is 31.4 Å². The Bertz CT molecular complexity index is 850. The molecule has 33 heavy (non-hydrogen) atoms. The number of hydrogen-bond donors (Lipinski definition) is 2. The molecule has 0 aliphatic heterocycles. The van der Waals surface area contributed by atoms with Crippen LogP contribution in [0, 0.1) is 12.3 Å². The van der Waals surface area contributed by atoms with Crippen molar-refractivity contribution in [2.24, 2.45) is 0 Å². The Morgan fingerprint density at radius 3 is 2.09 bits per heavy atom. The highest BCUT2D eigenvalue weighted by atomic mass is 16.6. The molecule has 0 bridgehead atoms. The second kappa shape index (κ2) is 12.3. The smallest absolute Gasteiger partial charge is 0.408 e. The van der Waals surface area contributed by atoms with Gasteiger partial charge in [0.25, 0.3) is 0 Å². The maximum absolute atomic E-state index is 13.5. The molecule has 0 heterocycles. The van der Waals surface area contributed by atoms with Crippen LogP contribution in [0.15, 0.2) is 24.3 Å². The highest BCUT2D eigenvalue weighted by Crippen LogP contribution is 2.26. The lowest BCUT2D eigenvalue weighted by Crippen LogP contribution is -2.54. The summed E-state index contributed by atoms with van der Waals surface area (Å²) in [7, 11) is 0. The van der Waals surface area contributed by atoms with E-state index in [0.29, 0.717) is 11.1 Å². The predicted molar refractivity (Wildman–Crippen MR) is 130 cm³/mol. The van der Waals surface area contributed by atoms with Gasteiger partial charge in [0.2, 0.25) is 11.8 Å². The lowest BCUT2D eigenvalue weighted by molar-refractivity contribution is -0.144. The summed E-state index contributed by atoms with van der Waals surface area (Å²) in [5, 5.41) is 5.61. The third-order valence-corrected chi connectivity index (χ3v) is 4.94. The molecular weight excluding hydrogens is 418 g/mol. The standard InChI is InChI=1S/C26H39N3O4/c1-10-12-18(5)27-23(30)22(21-15-13-20(11-2)14-16-21)29(17(3)4)24(31)19(6)28-25(32)33-26(7,8)9/h2,13-19,22H,10,12H2,1,3-9H3,(H,27,30)(H,28,32). The zero-order valence-corrected chi connectivity index (χ0v) is 21.2. The van der Waals surface area contributed by atoms with Gasteiger partial charge in [0.05, 0.1) is 0 Å². The van der Waals surface area contributed by atoms with E-state index in [0.717, 1.165) is 12.8 Å². The minimum absolute atomic E-state index is 0.0450. The zero-order chi connectivity index (χ0) is 25.3. The van der Waals surface area contributed by atoms with E-state index < -0.39 is 23.8 Å². The number of amides is 3. The number of nitrogens with zero attached hydrogens (tertiary/aromatic N) is 1. The van der Waals surface area contributed by atoms with Crippen molar-refractivity contribution in [3.8, 4) is 12.3 Å². The van der Waals surface area contributed by atoms with Gasteiger partial charge in [-0.15, -0.1) is 6.42 Å². The molecule has 0 radical (unpaired) electrons. The van der Waals surface area contributed by atoms with Crippen molar-refractivity contribution in [2.75, 3.05) is 0 Å². The summed E-state index contributed by atoms with van der Waals surface area (Å²) < 4.78 is 5.28. The normalized spacial score (nSPS) is 13.9. The van der Waals surface area contributed by atoms with E-state index >= 15 is 0 Å². The van der Waals surface area contributed by atoms with Crippen molar-refractivity contribution in [1.82, 2.24) is 15.5 Å². The van der Waals surface area contributed by atoms with Crippen molar-refractivity contribution in [2.45, 2.75) is 98.0 Å². The summed E-state index contributed by atoms with van der Waals surface area (Å²) in [6.07, 6.45) is 6.53. The molecule has 1 aromatic rings. The molecule has 1 rings (SSSR count). The van der Waals surface area contributed by atoms with E-state index in [1.165, 1.54) is 4.90 Å². The van der Waals surface area contributed by atoms with Crippen LogP contribution >= 0.6 is 0 Å². The van der Waals surface area contributed by atoms with Crippen LogP contribution < -0.4 is 10.6 Å². The maximum Gasteiger partial charge on any atom is 0.408 e. The summed E-state index contributed by atoms with van der Waals surface area (Å²) in [4.78, 5) is 40.6. The summed E-state index contributed by atoms with van der Waals surface area (Å²) in [6, 6.07) is 4.88. The molecule has 1 aromatic carbocycles. The third kappa shape index (κ3) is 8.80. The molecule has 0 aliphatic rings. The number of alkyl carbamates (subject to hydrolysis) is 1. The Hall–Kier alpha value is -3.01. The van der Waals surface area contributed by atoms with Gasteiger partial charge in [-0.05, 0) is 72.6 Å². The van der Waals surface area contributed by atoms with Crippen molar-refractivity contribution < 1.29 is 19.1 Å². The molecule has 7 heteroatoms. The van der Waals surface area contributed by atoms with E-state index in [1.54, 1.807) is 52.0 Å². The molecule has 2 N–H and O–H groups in total. The fraction of sp³-hybridized carbons (Fsp3) is 0.577. The molecule has 182 valence electrons. The van der Waals surface area contributed by atoms with Crippen LogP contribution in [0.4, 0.5) is 4.79 Å². The number of rotatable bonds is 9. The first-order chi connectivity index (χ1) is 15.3. The SMILES string of the molecule is C#Cc1ccc(C(C(=O)NC(C)CCC)N(C(=O)C(C)NC(=O)OC(C)(C)C)C(C)C)cc1. The topological polar surface area (TPSA) is 87.7 Å². The number of carbonyl (C=O) groups is 3. The molecule has 0 saturated carbocycles. The number of nitrogens with one attached hydrogen (secondary N) is 2. The first-order valence-corrected chi connectivity index (χ1v) is 11.5. The Morgan fingerprint density at radius 1 is 1.06 bits per heavy atom. The van der Waals surface area contributed by atoms with Crippen molar-refractivity contribution in [3.63, 3.8) is 0 Å². The lowest BCUT2D eigenvalue weighted by atomic mass is 9.99. The van der Waals surface area contributed by atoms with Crippen molar-refractivity contribution >= 4 is 17.9 Å². The summed E-state index contributed by atoms with van der Waals surface area (Å²) in [5.41, 5.74) is 0.627. The number of carbonyl (C=O) groups excluding carboxylic acids is 3. The Balaban J connectivity index is 3.30. The van der Waals surface area contributed by atoms with E-state index in [1.807, 2.05) is 27.7 Å². The van der Waals surface area contributed by atoms with Crippen LogP contribution in [-0.2, 0) is 14.3 Å². The second-order valence-corrected chi connectivity index (χ2v) is 9.57. The molecule has 0 aliphatic carbocycles. The largest absolute Gasteiger partial charge is 0.444 e. The molecular formula is C26H39N3O4. The predicted octanol–water partition coefficient (Wildman–Crippen LogP) is 4.16. The summed E-state index contributed by atoms with van der Waals surface area (Å²) in [6.45, 7) is 14.5. The molecule has 0 spiro atoms. The first-order valence-electron chi connectivity index (χ1n) is 11.5. The zero-order valence-electron chi connectivity index (χ0n) is 21.2. The van der Waals surface area contributed by atoms with E-state index in [9.17, 15) is 14.4 Å². The van der Waals surface area contributed by atoms with Crippen LogP contribution in [0.25, 0.3) is 0 Å². The fourth-order valence-corrected chi connectivity index (χ4v) is 3.48. The van der Waals surface area contributed by atoms with Gasteiger partial charge in [0.1, 0.15) is 17.7 Å². The third-order valence-electron chi connectivity index (χ3n) is 4.94. The molecule has 0 fully saturated rings. The Morgan fingerprint density at radius 2 is 1.64 bits per heavy atom. The van der Waals surface area contributed by atoms with Crippen LogP contribution in [-0.4, -0.2) is 46.5 Å². The summed E-state index contributed by atoms with van der Waals surface area (Å²) >= 11 is 0. The van der Waals surface area contributed by atoms with Gasteiger partial charge in [0.15, 0.2) is 0 Å². The number of ether oxygens (including phenoxy) is 1. The number of terminal acetylenes is 1. The number of benzene rings is 1. The van der Waals surface area contributed by atoms with Gasteiger partial charge in [-0.3, -0.25) is 9.59 Å². The minimum atomic E-state index is -0.893. The monoisotopic (exact) mass is 457 g/mol. The Kier molecular flexibility index (Phi) is 10.4. The lowest BCUT2D eigenvalue weighted by Gasteiger charge is -2.37. The minimum Gasteiger partial charge on any atom is -0.444 e. The van der Waals surface area contributed by atoms with E-state index in [-0.39, 0.29) is 23.9 Å². The van der Waals surface area contributed by atoms with Gasteiger partial charge in [-0.25, -0.2) is 4.79 Å². The first kappa shape index (κ1) is 28.0. The van der Waals surface area contributed by atoms with Crippen molar-refractivity contribution in [3.05, 3.63) is 35.4 Å². The van der Waals surface area contributed by atoms with Crippen LogP contribution in [0.1, 0.15) is 85.4 Å². The highest BCUT2D eigenvalue weighted by molar-refractivity contribution is 5.92. The quantitative estimate of drug-likeness (QED) is 0.545. The van der Waals surface area contributed by atoms with Crippen LogP contribution in [0.3, 0.4) is 0 Å². The van der Waals surface area contributed by atoms with Crippen LogP contribution in [0.2, 0.25) is 0 Å². The fourth-order valence-electron chi connectivity index (χ4n) is 3.48. The molecule has 3 atom stereocenters. The second-order valence-electron chi connectivity index (χ2n) is 9.57. The van der Waals surface area contributed by atoms with Gasteiger partial charge >= 0.3 is 6.09 Å². The summed E-state index contributed by atoms with van der Waals surface area (Å²) in [5.74, 6) is 1.89. The highest BCUT2D eigenvalue weighted by Gasteiger charge is 2.36. The molecule has 0 aromatic heterocycles. The molecule has 7 nitrogen and oxygen atoms in total. The van der Waals surface area contributed by atoms with Gasteiger partial charge in [-0.2, -0.15) is 0 Å². The average Bonchev–Trinajstić information content (AvgIpc) is 2.69. The van der Waals surface area contributed by atoms with E-state index in [2.05, 4.69) is 16.6 Å². The Labute approximate surface area is 198 Å². The molecule has 0 saturated heterocycles. The van der Waals surface area contributed by atoms with Crippen molar-refractivity contribution in [1.29, 1.82) is 0 Å². The average molecular weight is 458 g/mol. The maximum atomic E-state index is 13.5. The molecule has 3 amide bonds. The van der Waals surface area contributed by atoms with Gasteiger partial charge < -0.3 is 20.3 Å².